The van der Waals surface area contributed by atoms with Crippen LogP contribution in [0.15, 0.2) is 41.3 Å². The Morgan fingerprint density at radius 1 is 1.30 bits per heavy atom. The number of esters is 2. The molecule has 4 atom stereocenters. The summed E-state index contributed by atoms with van der Waals surface area (Å²) in [4.78, 5) is 51.8. The summed E-state index contributed by atoms with van der Waals surface area (Å²) in [5.74, 6) is -3.01. The van der Waals surface area contributed by atoms with Crippen LogP contribution in [0.1, 0.15) is 40.3 Å². The van der Waals surface area contributed by atoms with Crippen molar-refractivity contribution >= 4 is 23.7 Å². The van der Waals surface area contributed by atoms with Crippen LogP contribution in [0.5, 0.6) is 0 Å². The number of aromatic carboxylic acids is 1. The summed E-state index contributed by atoms with van der Waals surface area (Å²) in [6.07, 6.45) is -1.61. The first kappa shape index (κ1) is 23.8. The van der Waals surface area contributed by atoms with E-state index in [-0.39, 0.29) is 30.0 Å². The molecule has 1 fully saturated rings. The molecule has 0 bridgehead atoms. The lowest BCUT2D eigenvalue weighted by atomic mass is 10.1. The third-order valence-electron chi connectivity index (χ3n) is 4.83. The van der Waals surface area contributed by atoms with Crippen molar-refractivity contribution in [3.8, 4) is 0 Å². The molecule has 5 N–H and O–H groups in total. The van der Waals surface area contributed by atoms with Crippen LogP contribution in [0.2, 0.25) is 0 Å². The number of nitrogens with one attached hydrogen (secondary N) is 1. The fourth-order valence-corrected chi connectivity index (χ4v) is 3.18. The molecule has 1 aromatic heterocycles. The lowest BCUT2D eigenvalue weighted by Gasteiger charge is -2.19. The molecule has 33 heavy (non-hydrogen) atoms. The summed E-state index contributed by atoms with van der Waals surface area (Å²) in [7, 11) is 0. The highest BCUT2D eigenvalue weighted by molar-refractivity contribution is 6.02. The maximum absolute atomic E-state index is 12.7. The molecule has 0 spiro atoms. The first-order valence-corrected chi connectivity index (χ1v) is 9.81. The van der Waals surface area contributed by atoms with Crippen molar-refractivity contribution < 1.29 is 38.9 Å². The number of carbonyl (C=O) groups is 3. The van der Waals surface area contributed by atoms with Crippen LogP contribution in [0.3, 0.4) is 0 Å². The normalized spacial score (nSPS) is 20.6. The van der Waals surface area contributed by atoms with Crippen molar-refractivity contribution in [2.45, 2.75) is 37.8 Å². The number of carbonyl (C=O) groups excluding carboxylic acids is 2. The topological polar surface area (TPSA) is 192 Å². The first-order valence-electron chi connectivity index (χ1n) is 9.81. The van der Waals surface area contributed by atoms with E-state index in [1.807, 2.05) is 0 Å². The van der Waals surface area contributed by atoms with Gasteiger partial charge in [0.2, 0.25) is 0 Å². The zero-order valence-corrected chi connectivity index (χ0v) is 17.4. The Labute approximate surface area is 186 Å². The molecule has 0 saturated carbocycles. The smallest absolute Gasteiger partial charge is 0.351 e. The van der Waals surface area contributed by atoms with Crippen LogP contribution in [-0.4, -0.2) is 62.6 Å². The quantitative estimate of drug-likeness (QED) is 0.307. The molecular weight excluding hydrogens is 440 g/mol. The molecule has 1 aliphatic rings. The summed E-state index contributed by atoms with van der Waals surface area (Å²) >= 11 is 0. The number of hydrogen-bond donors (Lipinski definition) is 4. The van der Waals surface area contributed by atoms with Crippen molar-refractivity contribution in [2.75, 3.05) is 12.1 Å². The van der Waals surface area contributed by atoms with Crippen LogP contribution >= 0.6 is 0 Å². The van der Waals surface area contributed by atoms with E-state index < -0.39 is 48.1 Å². The lowest BCUT2D eigenvalue weighted by molar-refractivity contribution is -0.151. The van der Waals surface area contributed by atoms with Crippen molar-refractivity contribution in [3.05, 3.63) is 58.1 Å². The molecular formula is C20H22N4O9. The summed E-state index contributed by atoms with van der Waals surface area (Å²) in [6.45, 7) is 1.11. The average Bonchev–Trinajstić information content (AvgIpc) is 3.19. The molecule has 0 unspecified atom stereocenters. The van der Waals surface area contributed by atoms with Crippen LogP contribution in [0.25, 0.3) is 0 Å². The number of anilines is 1. The molecule has 176 valence electrons. The van der Waals surface area contributed by atoms with Crippen LogP contribution < -0.4 is 16.9 Å². The van der Waals surface area contributed by atoms with Gasteiger partial charge in [-0.15, -0.1) is 0 Å². The lowest BCUT2D eigenvalue weighted by Crippen LogP contribution is -2.36. The van der Waals surface area contributed by atoms with E-state index >= 15 is 0 Å². The Balaban J connectivity index is 1.83. The van der Waals surface area contributed by atoms with E-state index in [9.17, 15) is 24.3 Å². The Bertz CT molecular complexity index is 1100. The number of benzene rings is 1. The van der Waals surface area contributed by atoms with Gasteiger partial charge in [-0.05, 0) is 25.1 Å². The van der Waals surface area contributed by atoms with Crippen LogP contribution in [0.4, 0.5) is 5.82 Å². The molecule has 0 aliphatic carbocycles. The molecule has 3 rings (SSSR count). The van der Waals surface area contributed by atoms with E-state index in [0.717, 1.165) is 4.57 Å². The predicted octanol–water partition coefficient (Wildman–Crippen LogP) is 0.146. The minimum atomic E-state index is -1.30. The zero-order chi connectivity index (χ0) is 24.1. The summed E-state index contributed by atoms with van der Waals surface area (Å²) in [5.41, 5.74) is 6.07. The van der Waals surface area contributed by atoms with Gasteiger partial charge in [0.1, 0.15) is 31.1 Å². The minimum Gasteiger partial charge on any atom is -0.478 e. The van der Waals surface area contributed by atoms with E-state index in [4.69, 9.17) is 25.2 Å². The van der Waals surface area contributed by atoms with Gasteiger partial charge >= 0.3 is 23.6 Å². The monoisotopic (exact) mass is 462 g/mol. The largest absolute Gasteiger partial charge is 0.478 e. The number of carboxylic acids is 1. The first-order chi connectivity index (χ1) is 15.7. The van der Waals surface area contributed by atoms with Gasteiger partial charge in [-0.1, -0.05) is 12.1 Å². The van der Waals surface area contributed by atoms with E-state index in [1.54, 1.807) is 5.48 Å². The highest BCUT2D eigenvalue weighted by Gasteiger charge is 2.41. The van der Waals surface area contributed by atoms with Gasteiger partial charge in [0, 0.05) is 12.6 Å². The van der Waals surface area contributed by atoms with Gasteiger partial charge in [0.15, 0.2) is 5.82 Å². The van der Waals surface area contributed by atoms with Gasteiger partial charge in [0.05, 0.1) is 11.1 Å². The maximum atomic E-state index is 12.7. The number of aromatic nitrogens is 2. The molecule has 0 amide bonds. The molecule has 1 aliphatic heterocycles. The fourth-order valence-electron chi connectivity index (χ4n) is 3.18. The number of hydrogen-bond acceptors (Lipinski definition) is 11. The van der Waals surface area contributed by atoms with Gasteiger partial charge in [-0.2, -0.15) is 4.98 Å². The number of ether oxygens (including phenoxy) is 3. The van der Waals surface area contributed by atoms with Crippen molar-refractivity contribution in [2.24, 2.45) is 5.73 Å². The third kappa shape index (κ3) is 5.52. The summed E-state index contributed by atoms with van der Waals surface area (Å²) in [6, 6.07) is 5.95. The standard InChI is InChI=1S/C20H22N4O9/c1-10(21)18(27)31-9-14-13(33-19(28)12-5-3-2-4-11(12)17(25)26)8-16(32-14)24-7-6-15(23-30)22-20(24)29/h2-7,10,13-14,16,30H,8-9,21H2,1H3,(H,25,26)(H,22,23,29)/t10-,13+,14-,16-/m1/s1. The number of nitrogens with zero attached hydrogens (tertiary/aromatic N) is 2. The SMILES string of the molecule is C[C@@H](N)C(=O)OC[C@H]1O[C@@H](n2ccc(NO)nc2=O)C[C@@H]1OC(=O)c1ccccc1C(=O)O. The molecule has 1 saturated heterocycles. The van der Waals surface area contributed by atoms with Gasteiger partial charge in [-0.3, -0.25) is 20.0 Å². The van der Waals surface area contributed by atoms with Gasteiger partial charge in [0.25, 0.3) is 0 Å². The average molecular weight is 462 g/mol. The predicted molar refractivity (Wildman–Crippen MR) is 110 cm³/mol. The number of nitrogens with two attached hydrogens (primary N) is 1. The maximum Gasteiger partial charge on any atom is 0.351 e. The van der Waals surface area contributed by atoms with E-state index in [1.165, 1.54) is 43.5 Å². The molecule has 0 radical (unpaired) electrons. The Kier molecular flexibility index (Phi) is 7.37. The second-order valence-corrected chi connectivity index (χ2v) is 7.19. The molecule has 13 nitrogen and oxygen atoms in total. The molecule has 13 heteroatoms. The Hall–Kier alpha value is -3.81. The Morgan fingerprint density at radius 2 is 2.00 bits per heavy atom. The van der Waals surface area contributed by atoms with Gasteiger partial charge in [-0.25, -0.2) is 14.4 Å². The second kappa shape index (κ2) is 10.2. The Morgan fingerprint density at radius 3 is 2.61 bits per heavy atom. The second-order valence-electron chi connectivity index (χ2n) is 7.19. The summed E-state index contributed by atoms with van der Waals surface area (Å²) < 4.78 is 17.5. The summed E-state index contributed by atoms with van der Waals surface area (Å²) in [5, 5.41) is 18.2. The van der Waals surface area contributed by atoms with Crippen LogP contribution in [-0.2, 0) is 19.0 Å². The van der Waals surface area contributed by atoms with E-state index in [2.05, 4.69) is 4.98 Å². The van der Waals surface area contributed by atoms with Crippen molar-refractivity contribution in [3.63, 3.8) is 0 Å². The van der Waals surface area contributed by atoms with Crippen LogP contribution in [0, 0.1) is 0 Å². The highest BCUT2D eigenvalue weighted by atomic mass is 16.6. The number of rotatable bonds is 8. The fraction of sp³-hybridized carbons (Fsp3) is 0.350. The van der Waals surface area contributed by atoms with E-state index in [0.29, 0.717) is 0 Å². The number of carboxylic acid groups (broad SMARTS) is 1. The van der Waals surface area contributed by atoms with Crippen molar-refractivity contribution in [1.82, 2.24) is 9.55 Å². The zero-order valence-electron chi connectivity index (χ0n) is 17.4. The highest BCUT2D eigenvalue weighted by Crippen LogP contribution is 2.31. The molecule has 2 aromatic rings. The van der Waals surface area contributed by atoms with Gasteiger partial charge < -0.3 is 25.1 Å². The molecule has 1 aromatic carbocycles. The molecule has 2 heterocycles. The van der Waals surface area contributed by atoms with Crippen molar-refractivity contribution in [1.29, 1.82) is 0 Å². The third-order valence-corrected chi connectivity index (χ3v) is 4.83. The minimum absolute atomic E-state index is 0.0190.